The highest BCUT2D eigenvalue weighted by atomic mass is 16.5. The van der Waals surface area contributed by atoms with E-state index in [9.17, 15) is 14.4 Å². The molecule has 0 aromatic rings. The van der Waals surface area contributed by atoms with Crippen LogP contribution in [0.25, 0.3) is 0 Å². The maximum absolute atomic E-state index is 12.6. The lowest BCUT2D eigenvalue weighted by Crippen LogP contribution is -2.65. The maximum Gasteiger partial charge on any atom is 0.345 e. The summed E-state index contributed by atoms with van der Waals surface area (Å²) in [6, 6.07) is -0.629. The Morgan fingerprint density at radius 2 is 1.70 bits per heavy atom. The number of hydrogen-bond acceptors (Lipinski definition) is 5. The number of rotatable bonds is 2. The topological polar surface area (TPSA) is 79.0 Å². The van der Waals surface area contributed by atoms with Crippen LogP contribution in [0.1, 0.15) is 25.7 Å². The number of nitrogens with zero attached hydrogens (tertiary/aromatic N) is 2. The van der Waals surface area contributed by atoms with Crippen LogP contribution in [-0.4, -0.2) is 54.2 Å². The number of hydrazine groups is 1. The van der Waals surface area contributed by atoms with Gasteiger partial charge in [0.05, 0.1) is 13.2 Å². The average molecular weight is 281 g/mol. The van der Waals surface area contributed by atoms with Gasteiger partial charge < -0.3 is 4.74 Å². The van der Waals surface area contributed by atoms with Gasteiger partial charge in [0.25, 0.3) is 5.91 Å². The molecule has 1 saturated carbocycles. The molecule has 7 heteroatoms. The fourth-order valence-electron chi connectivity index (χ4n) is 3.31. The summed E-state index contributed by atoms with van der Waals surface area (Å²) >= 11 is 0. The second kappa shape index (κ2) is 5.49. The van der Waals surface area contributed by atoms with Crippen LogP contribution in [0.3, 0.4) is 0 Å². The number of carbonyl (C=O) groups is 3. The lowest BCUT2D eigenvalue weighted by molar-refractivity contribution is -0.161. The Hall–Kier alpha value is -1.47. The maximum atomic E-state index is 12.6. The van der Waals surface area contributed by atoms with Gasteiger partial charge in [0, 0.05) is 13.1 Å². The molecular formula is C13H19N3O4. The van der Waals surface area contributed by atoms with Gasteiger partial charge in [-0.25, -0.2) is 9.80 Å². The highest BCUT2D eigenvalue weighted by Crippen LogP contribution is 2.34. The molecule has 4 amide bonds. The number of nitrogens with one attached hydrogen (secondary N) is 1. The number of barbiturate groups is 1. The summed E-state index contributed by atoms with van der Waals surface area (Å²) < 4.78 is 5.23. The summed E-state index contributed by atoms with van der Waals surface area (Å²) in [5.41, 5.74) is 0. The molecule has 20 heavy (non-hydrogen) atoms. The van der Waals surface area contributed by atoms with E-state index in [1.54, 1.807) is 5.01 Å². The highest BCUT2D eigenvalue weighted by molar-refractivity contribution is 6.16. The van der Waals surface area contributed by atoms with Crippen LogP contribution in [0.2, 0.25) is 0 Å². The van der Waals surface area contributed by atoms with Gasteiger partial charge in [0.2, 0.25) is 5.91 Å². The number of ether oxygens (including phenoxy) is 1. The van der Waals surface area contributed by atoms with Crippen molar-refractivity contribution in [3.05, 3.63) is 0 Å². The van der Waals surface area contributed by atoms with Crippen LogP contribution in [-0.2, 0) is 14.3 Å². The van der Waals surface area contributed by atoms with E-state index in [1.807, 2.05) is 0 Å². The van der Waals surface area contributed by atoms with Crippen LogP contribution in [0, 0.1) is 11.8 Å². The van der Waals surface area contributed by atoms with Crippen molar-refractivity contribution in [2.75, 3.05) is 26.3 Å². The molecule has 3 aliphatic rings. The van der Waals surface area contributed by atoms with Crippen molar-refractivity contribution in [2.24, 2.45) is 11.8 Å². The van der Waals surface area contributed by atoms with Crippen molar-refractivity contribution < 1.29 is 19.1 Å². The first-order valence-corrected chi connectivity index (χ1v) is 7.20. The van der Waals surface area contributed by atoms with Crippen LogP contribution < -0.4 is 5.32 Å². The molecule has 0 bridgehead atoms. The van der Waals surface area contributed by atoms with Gasteiger partial charge >= 0.3 is 6.03 Å². The third kappa shape index (κ3) is 2.31. The second-order valence-corrected chi connectivity index (χ2v) is 5.53. The highest BCUT2D eigenvalue weighted by Gasteiger charge is 2.47. The Bertz CT molecular complexity index is 427. The first kappa shape index (κ1) is 13.5. The largest absolute Gasteiger partial charge is 0.379 e. The van der Waals surface area contributed by atoms with Crippen LogP contribution in [0.15, 0.2) is 0 Å². The first-order valence-electron chi connectivity index (χ1n) is 7.20. The van der Waals surface area contributed by atoms with Gasteiger partial charge in [-0.15, -0.1) is 0 Å². The Morgan fingerprint density at radius 3 is 2.35 bits per heavy atom. The van der Waals surface area contributed by atoms with Crippen molar-refractivity contribution >= 4 is 17.8 Å². The van der Waals surface area contributed by atoms with Gasteiger partial charge in [-0.2, -0.15) is 5.01 Å². The minimum Gasteiger partial charge on any atom is -0.379 e. The fourth-order valence-corrected chi connectivity index (χ4v) is 3.31. The standard InChI is InChI=1S/C13H19N3O4/c17-11-10(9-3-1-2-4-9)12(18)16(13(19)14-11)15-5-7-20-8-6-15/h9-10H,1-8H2,(H,14,17,19). The minimum absolute atomic E-state index is 0.0686. The summed E-state index contributed by atoms with van der Waals surface area (Å²) in [6.07, 6.45) is 3.87. The van der Waals surface area contributed by atoms with Crippen molar-refractivity contribution in [1.29, 1.82) is 0 Å². The average Bonchev–Trinajstić information content (AvgIpc) is 2.93. The molecule has 110 valence electrons. The van der Waals surface area contributed by atoms with E-state index in [1.165, 1.54) is 0 Å². The zero-order chi connectivity index (χ0) is 14.1. The number of amides is 4. The number of hydrogen-bond donors (Lipinski definition) is 1. The van der Waals surface area contributed by atoms with Crippen molar-refractivity contribution in [3.8, 4) is 0 Å². The fraction of sp³-hybridized carbons (Fsp3) is 0.769. The zero-order valence-corrected chi connectivity index (χ0v) is 11.3. The molecule has 0 spiro atoms. The molecule has 1 aliphatic carbocycles. The molecule has 0 aromatic carbocycles. The van der Waals surface area contributed by atoms with Gasteiger partial charge in [-0.3, -0.25) is 14.9 Å². The molecule has 0 radical (unpaired) electrons. The number of urea groups is 1. The van der Waals surface area contributed by atoms with Crippen LogP contribution in [0.5, 0.6) is 0 Å². The van der Waals surface area contributed by atoms with Gasteiger partial charge in [0.1, 0.15) is 5.92 Å². The Morgan fingerprint density at radius 1 is 1.05 bits per heavy atom. The predicted octanol–water partition coefficient (Wildman–Crippen LogP) is 0.118. The number of morpholine rings is 1. The second-order valence-electron chi connectivity index (χ2n) is 5.53. The van der Waals surface area contributed by atoms with E-state index < -0.39 is 17.9 Å². The van der Waals surface area contributed by atoms with E-state index >= 15 is 0 Å². The molecular weight excluding hydrogens is 262 g/mol. The Labute approximate surface area is 117 Å². The lowest BCUT2D eigenvalue weighted by Gasteiger charge is -2.40. The third-order valence-electron chi connectivity index (χ3n) is 4.32. The summed E-state index contributed by atoms with van der Waals surface area (Å²) in [5, 5.41) is 5.12. The molecule has 3 fully saturated rings. The van der Waals surface area contributed by atoms with E-state index in [0.29, 0.717) is 26.3 Å². The number of imide groups is 2. The Balaban J connectivity index is 1.80. The molecule has 1 atom stereocenters. The molecule has 0 aromatic heterocycles. The third-order valence-corrected chi connectivity index (χ3v) is 4.32. The molecule has 3 rings (SSSR count). The Kier molecular flexibility index (Phi) is 3.71. The minimum atomic E-state index is -0.710. The normalized spacial score (nSPS) is 29.9. The lowest BCUT2D eigenvalue weighted by atomic mass is 9.88. The molecule has 2 heterocycles. The summed E-state index contributed by atoms with van der Waals surface area (Å²) in [5.74, 6) is -1.44. The quantitative estimate of drug-likeness (QED) is 0.727. The van der Waals surface area contributed by atoms with Gasteiger partial charge in [-0.05, 0) is 18.8 Å². The van der Waals surface area contributed by atoms with Crippen molar-refractivity contribution in [1.82, 2.24) is 15.3 Å². The molecule has 1 N–H and O–H groups in total. The first-order chi connectivity index (χ1) is 9.68. The van der Waals surface area contributed by atoms with E-state index in [2.05, 4.69) is 5.32 Å². The van der Waals surface area contributed by atoms with Crippen LogP contribution in [0.4, 0.5) is 4.79 Å². The molecule has 2 aliphatic heterocycles. The summed E-state index contributed by atoms with van der Waals surface area (Å²) in [4.78, 5) is 36.6. The summed E-state index contributed by atoms with van der Waals surface area (Å²) in [6.45, 7) is 1.95. The molecule has 1 unspecified atom stereocenters. The van der Waals surface area contributed by atoms with Gasteiger partial charge in [0.15, 0.2) is 0 Å². The molecule has 7 nitrogen and oxygen atoms in total. The summed E-state index contributed by atoms with van der Waals surface area (Å²) in [7, 11) is 0. The van der Waals surface area contributed by atoms with Crippen LogP contribution >= 0.6 is 0 Å². The van der Waals surface area contributed by atoms with E-state index in [-0.39, 0.29) is 11.8 Å². The monoisotopic (exact) mass is 281 g/mol. The van der Waals surface area contributed by atoms with Gasteiger partial charge in [-0.1, -0.05) is 12.8 Å². The van der Waals surface area contributed by atoms with E-state index in [0.717, 1.165) is 30.7 Å². The van der Waals surface area contributed by atoms with Crippen molar-refractivity contribution in [2.45, 2.75) is 25.7 Å². The predicted molar refractivity (Wildman–Crippen MR) is 68.2 cm³/mol. The zero-order valence-electron chi connectivity index (χ0n) is 11.3. The number of carbonyl (C=O) groups excluding carboxylic acids is 3. The van der Waals surface area contributed by atoms with Crippen molar-refractivity contribution in [3.63, 3.8) is 0 Å². The molecule has 2 saturated heterocycles. The smallest absolute Gasteiger partial charge is 0.345 e. The SMILES string of the molecule is O=C1NC(=O)N(N2CCOCC2)C(=O)C1C1CCCC1. The van der Waals surface area contributed by atoms with E-state index in [4.69, 9.17) is 4.74 Å².